The van der Waals surface area contributed by atoms with Crippen LogP contribution in [0.25, 0.3) is 42.8 Å². The molecule has 0 amide bonds. The maximum Gasteiger partial charge on any atom is 0.126 e. The number of H-pyrrole nitrogens is 1. The van der Waals surface area contributed by atoms with Gasteiger partial charge in [-0.3, -0.25) is 4.99 Å². The Hall–Kier alpha value is -4.02. The molecule has 176 valence electrons. The zero-order valence-electron chi connectivity index (χ0n) is 20.6. The van der Waals surface area contributed by atoms with E-state index in [1.165, 1.54) is 21.0 Å². The Morgan fingerprint density at radius 2 is 1.64 bits per heavy atom. The summed E-state index contributed by atoms with van der Waals surface area (Å²) < 4.78 is 1.19. The minimum absolute atomic E-state index is 0.0420. The van der Waals surface area contributed by atoms with Crippen molar-refractivity contribution in [2.24, 2.45) is 4.99 Å². The second kappa shape index (κ2) is 8.89. The van der Waals surface area contributed by atoms with E-state index < -0.39 is 0 Å². The summed E-state index contributed by atoms with van der Waals surface area (Å²) in [6, 6.07) is 31.8. The summed E-state index contributed by atoms with van der Waals surface area (Å²) in [4.78, 5) is 13.5. The maximum absolute atomic E-state index is 5.15. The molecule has 4 aromatic carbocycles. The van der Waals surface area contributed by atoms with Gasteiger partial charge >= 0.3 is 0 Å². The van der Waals surface area contributed by atoms with Crippen LogP contribution in [0.2, 0.25) is 0 Å². The molecule has 0 saturated heterocycles. The molecule has 36 heavy (non-hydrogen) atoms. The number of para-hydroxylation sites is 1. The predicted molar refractivity (Wildman–Crippen MR) is 155 cm³/mol. The summed E-state index contributed by atoms with van der Waals surface area (Å²) in [7, 11) is 0. The molecule has 0 spiro atoms. The minimum Gasteiger partial charge on any atom is -0.361 e. The Morgan fingerprint density at radius 1 is 0.833 bits per heavy atom. The fourth-order valence-corrected chi connectivity index (χ4v) is 5.62. The van der Waals surface area contributed by atoms with E-state index in [1.54, 1.807) is 11.3 Å². The lowest BCUT2D eigenvalue weighted by Crippen LogP contribution is -2.11. The second-order valence-electron chi connectivity index (χ2n) is 10.1. The summed E-state index contributed by atoms with van der Waals surface area (Å²) in [6.07, 6.45) is 3.94. The first-order valence-corrected chi connectivity index (χ1v) is 13.0. The first-order chi connectivity index (χ1) is 17.5. The Labute approximate surface area is 215 Å². The molecule has 4 heteroatoms. The monoisotopic (exact) mass is 485 g/mol. The van der Waals surface area contributed by atoms with Crippen molar-refractivity contribution in [3.8, 4) is 21.8 Å². The number of fused-ring (bicyclic) bond motifs is 2. The molecule has 0 bridgehead atoms. The molecule has 1 N–H and O–H groups in total. The quantitative estimate of drug-likeness (QED) is 0.248. The number of hydrogen-bond acceptors (Lipinski definition) is 3. The molecule has 6 aromatic rings. The number of aromatic nitrogens is 2. The van der Waals surface area contributed by atoms with E-state index >= 15 is 0 Å². The average molecular weight is 486 g/mol. The van der Waals surface area contributed by atoms with E-state index in [9.17, 15) is 0 Å². The SMILES string of the molecule is CC(C)(C)c1cc(-c2ccc[nH]2)c2nc(-c3ccccc3N=Cc3cccc4ccccc34)sc2c1. The van der Waals surface area contributed by atoms with Crippen molar-refractivity contribution in [3.05, 3.63) is 108 Å². The van der Waals surface area contributed by atoms with Crippen LogP contribution in [-0.2, 0) is 5.41 Å². The molecular weight excluding hydrogens is 458 g/mol. The van der Waals surface area contributed by atoms with Gasteiger partial charge in [-0.15, -0.1) is 11.3 Å². The van der Waals surface area contributed by atoms with Crippen molar-refractivity contribution in [3.63, 3.8) is 0 Å². The van der Waals surface area contributed by atoms with Gasteiger partial charge in [0.2, 0.25) is 0 Å². The van der Waals surface area contributed by atoms with Gasteiger partial charge < -0.3 is 4.98 Å². The summed E-state index contributed by atoms with van der Waals surface area (Å²) in [5, 5.41) is 3.40. The summed E-state index contributed by atoms with van der Waals surface area (Å²) >= 11 is 1.73. The van der Waals surface area contributed by atoms with Gasteiger partial charge in [-0.2, -0.15) is 0 Å². The maximum atomic E-state index is 5.15. The Morgan fingerprint density at radius 3 is 2.47 bits per heavy atom. The third kappa shape index (κ3) is 4.14. The number of rotatable bonds is 4. The van der Waals surface area contributed by atoms with E-state index in [2.05, 4.69) is 105 Å². The second-order valence-corrected chi connectivity index (χ2v) is 11.1. The van der Waals surface area contributed by atoms with Crippen molar-refractivity contribution < 1.29 is 0 Å². The number of benzene rings is 4. The molecule has 0 aliphatic rings. The summed E-state index contributed by atoms with van der Waals surface area (Å²) in [6.45, 7) is 6.77. The van der Waals surface area contributed by atoms with E-state index in [0.29, 0.717) is 0 Å². The predicted octanol–water partition coefficient (Wildman–Crippen LogP) is 9.16. The minimum atomic E-state index is 0.0420. The number of aliphatic imine (C=N–C) groups is 1. The van der Waals surface area contributed by atoms with Crippen LogP contribution in [0.4, 0.5) is 5.69 Å². The van der Waals surface area contributed by atoms with Crippen LogP contribution in [0.15, 0.2) is 102 Å². The topological polar surface area (TPSA) is 41.0 Å². The average Bonchev–Trinajstić information content (AvgIpc) is 3.57. The zero-order valence-corrected chi connectivity index (χ0v) is 21.4. The van der Waals surface area contributed by atoms with E-state index in [-0.39, 0.29) is 5.41 Å². The zero-order chi connectivity index (χ0) is 24.7. The van der Waals surface area contributed by atoms with Gasteiger partial charge in [0.15, 0.2) is 0 Å². The molecular formula is C32H27N3S. The van der Waals surface area contributed by atoms with Crippen molar-refractivity contribution in [2.75, 3.05) is 0 Å². The third-order valence-electron chi connectivity index (χ3n) is 6.55. The van der Waals surface area contributed by atoms with Crippen molar-refractivity contribution in [1.29, 1.82) is 0 Å². The van der Waals surface area contributed by atoms with Crippen LogP contribution >= 0.6 is 11.3 Å². The van der Waals surface area contributed by atoms with Crippen molar-refractivity contribution >= 4 is 44.2 Å². The van der Waals surface area contributed by atoms with Crippen LogP contribution < -0.4 is 0 Å². The van der Waals surface area contributed by atoms with Crippen LogP contribution in [0.1, 0.15) is 31.9 Å². The Balaban J connectivity index is 1.48. The molecule has 3 nitrogen and oxygen atoms in total. The van der Waals surface area contributed by atoms with Gasteiger partial charge in [-0.05, 0) is 58.1 Å². The number of nitrogens with zero attached hydrogens (tertiary/aromatic N) is 2. The van der Waals surface area contributed by atoms with Crippen LogP contribution in [0.5, 0.6) is 0 Å². The van der Waals surface area contributed by atoms with Crippen molar-refractivity contribution in [1.82, 2.24) is 9.97 Å². The molecule has 0 aliphatic carbocycles. The highest BCUT2D eigenvalue weighted by Gasteiger charge is 2.20. The first kappa shape index (κ1) is 22.4. The van der Waals surface area contributed by atoms with Crippen molar-refractivity contribution in [2.45, 2.75) is 26.2 Å². The normalized spacial score (nSPS) is 12.2. The fourth-order valence-electron chi connectivity index (χ4n) is 4.55. The highest BCUT2D eigenvalue weighted by atomic mass is 32.1. The third-order valence-corrected chi connectivity index (χ3v) is 7.59. The molecule has 0 atom stereocenters. The number of nitrogens with one attached hydrogen (secondary N) is 1. The van der Waals surface area contributed by atoms with Gasteiger partial charge in [0, 0.05) is 34.8 Å². The molecule has 0 fully saturated rings. The Bertz CT molecular complexity index is 1710. The van der Waals surface area contributed by atoms with E-state index in [4.69, 9.17) is 9.98 Å². The highest BCUT2D eigenvalue weighted by Crippen LogP contribution is 2.41. The van der Waals surface area contributed by atoms with Gasteiger partial charge in [0.05, 0.1) is 15.9 Å². The lowest BCUT2D eigenvalue weighted by atomic mass is 9.85. The standard InChI is InChI=1S/C32H27N3S/c1-32(2,3)23-18-26(28-16-9-17-33-28)30-29(19-23)36-31(35-30)25-14-6-7-15-27(25)34-20-22-12-8-11-21-10-4-5-13-24(21)22/h4-20,33H,1-3H3. The van der Waals surface area contributed by atoms with Crippen LogP contribution in [0.3, 0.4) is 0 Å². The van der Waals surface area contributed by atoms with Crippen LogP contribution in [-0.4, -0.2) is 16.2 Å². The van der Waals surface area contributed by atoms with E-state index in [1.807, 2.05) is 24.5 Å². The smallest absolute Gasteiger partial charge is 0.126 e. The van der Waals surface area contributed by atoms with Gasteiger partial charge in [-0.25, -0.2) is 4.98 Å². The molecule has 0 unspecified atom stereocenters. The molecule has 6 rings (SSSR count). The first-order valence-electron chi connectivity index (χ1n) is 12.2. The Kier molecular flexibility index (Phi) is 5.54. The molecule has 2 heterocycles. The van der Waals surface area contributed by atoms with E-state index in [0.717, 1.165) is 38.6 Å². The fraction of sp³-hybridized carbons (Fsp3) is 0.125. The molecule has 0 aliphatic heterocycles. The molecule has 0 radical (unpaired) electrons. The van der Waals surface area contributed by atoms with Gasteiger partial charge in [0.1, 0.15) is 5.01 Å². The summed E-state index contributed by atoms with van der Waals surface area (Å²) in [5.41, 5.74) is 7.67. The highest BCUT2D eigenvalue weighted by molar-refractivity contribution is 7.21. The number of hydrogen-bond donors (Lipinski definition) is 1. The molecule has 0 saturated carbocycles. The largest absolute Gasteiger partial charge is 0.361 e. The lowest BCUT2D eigenvalue weighted by Gasteiger charge is -2.20. The van der Waals surface area contributed by atoms with Gasteiger partial charge in [-0.1, -0.05) is 75.4 Å². The van der Waals surface area contributed by atoms with Crippen LogP contribution in [0, 0.1) is 0 Å². The number of aromatic amines is 1. The number of thiazole rings is 1. The summed E-state index contributed by atoms with van der Waals surface area (Å²) in [5.74, 6) is 0. The molecule has 2 aromatic heterocycles. The lowest BCUT2D eigenvalue weighted by molar-refractivity contribution is 0.591. The van der Waals surface area contributed by atoms with Gasteiger partial charge in [0.25, 0.3) is 0 Å².